The van der Waals surface area contributed by atoms with Crippen LogP contribution in [0.4, 0.5) is 13.2 Å². The number of rotatable bonds is 4. The van der Waals surface area contributed by atoms with Crippen LogP contribution in [0.25, 0.3) is 16.8 Å². The smallest absolute Gasteiger partial charge is 0.194 e. The molecule has 4 heteroatoms. The summed E-state index contributed by atoms with van der Waals surface area (Å²) in [4.78, 5) is 4.28. The molecule has 0 spiro atoms. The summed E-state index contributed by atoms with van der Waals surface area (Å²) in [6, 6.07) is 3.75. The predicted molar refractivity (Wildman–Crippen MR) is 87.3 cm³/mol. The Hall–Kier alpha value is -2.62. The van der Waals surface area contributed by atoms with Gasteiger partial charge in [-0.2, -0.15) is 0 Å². The van der Waals surface area contributed by atoms with Crippen molar-refractivity contribution < 1.29 is 13.2 Å². The van der Waals surface area contributed by atoms with E-state index in [1.165, 1.54) is 0 Å². The normalized spacial score (nSPS) is 12.0. The second kappa shape index (κ2) is 7.09. The second-order valence-electron chi connectivity index (χ2n) is 5.00. The van der Waals surface area contributed by atoms with Crippen LogP contribution in [-0.2, 0) is 0 Å². The highest BCUT2D eigenvalue weighted by Gasteiger charge is 2.14. The van der Waals surface area contributed by atoms with Crippen molar-refractivity contribution in [2.75, 3.05) is 0 Å². The van der Waals surface area contributed by atoms with Gasteiger partial charge in [-0.05, 0) is 43.2 Å². The van der Waals surface area contributed by atoms with Crippen LogP contribution in [0.5, 0.6) is 0 Å². The van der Waals surface area contributed by atoms with E-state index >= 15 is 0 Å². The molecule has 0 unspecified atom stereocenters. The molecule has 1 aromatic carbocycles. The Labute approximate surface area is 133 Å². The number of aryl methyl sites for hydroxylation is 1. The molecular formula is C19H16F3N. The molecule has 0 N–H and O–H groups in total. The van der Waals surface area contributed by atoms with Gasteiger partial charge < -0.3 is 0 Å². The van der Waals surface area contributed by atoms with E-state index < -0.39 is 17.5 Å². The number of nitrogens with zero attached hydrogens (tertiary/aromatic N) is 1. The first-order chi connectivity index (χ1) is 11.0. The first-order valence-corrected chi connectivity index (χ1v) is 7.05. The Kier molecular flexibility index (Phi) is 5.16. The molecule has 1 heterocycles. The van der Waals surface area contributed by atoms with Crippen molar-refractivity contribution >= 4 is 5.57 Å². The molecule has 1 nitrogen and oxygen atoms in total. The van der Waals surface area contributed by atoms with Gasteiger partial charge in [0.05, 0.1) is 5.69 Å². The quantitative estimate of drug-likeness (QED) is 0.527. The average molecular weight is 315 g/mol. The SMILES string of the molecule is C=C/C=C(\C=C/C)c1cnc(-c2cc(F)c(F)c(F)c2)c(C)c1. The molecule has 0 aliphatic heterocycles. The van der Waals surface area contributed by atoms with E-state index in [9.17, 15) is 13.2 Å². The third-order valence-corrected chi connectivity index (χ3v) is 3.31. The lowest BCUT2D eigenvalue weighted by Gasteiger charge is -2.09. The molecular weight excluding hydrogens is 299 g/mol. The van der Waals surface area contributed by atoms with E-state index in [0.717, 1.165) is 28.8 Å². The van der Waals surface area contributed by atoms with Gasteiger partial charge in [0.1, 0.15) is 0 Å². The van der Waals surface area contributed by atoms with E-state index in [-0.39, 0.29) is 5.56 Å². The van der Waals surface area contributed by atoms with Crippen molar-refractivity contribution in [3.8, 4) is 11.3 Å². The van der Waals surface area contributed by atoms with Gasteiger partial charge in [0.25, 0.3) is 0 Å². The summed E-state index contributed by atoms with van der Waals surface area (Å²) >= 11 is 0. The minimum Gasteiger partial charge on any atom is -0.255 e. The van der Waals surface area contributed by atoms with Gasteiger partial charge in [-0.15, -0.1) is 0 Å². The first-order valence-electron chi connectivity index (χ1n) is 7.05. The second-order valence-corrected chi connectivity index (χ2v) is 5.00. The number of benzene rings is 1. The van der Waals surface area contributed by atoms with E-state index in [1.807, 2.05) is 31.2 Å². The lowest BCUT2D eigenvalue weighted by molar-refractivity contribution is 0.447. The fraction of sp³-hybridized carbons (Fsp3) is 0.105. The third-order valence-electron chi connectivity index (χ3n) is 3.31. The zero-order valence-electron chi connectivity index (χ0n) is 12.9. The Morgan fingerprint density at radius 3 is 2.30 bits per heavy atom. The fourth-order valence-electron chi connectivity index (χ4n) is 2.28. The number of hydrogen-bond donors (Lipinski definition) is 0. The van der Waals surface area contributed by atoms with Crippen LogP contribution in [0.1, 0.15) is 18.1 Å². The average Bonchev–Trinajstić information content (AvgIpc) is 2.52. The predicted octanol–water partition coefficient (Wildman–Crippen LogP) is 5.62. The van der Waals surface area contributed by atoms with Gasteiger partial charge in [-0.1, -0.05) is 30.9 Å². The summed E-state index contributed by atoms with van der Waals surface area (Å²) in [7, 11) is 0. The van der Waals surface area contributed by atoms with Crippen LogP contribution in [0.3, 0.4) is 0 Å². The van der Waals surface area contributed by atoms with Crippen LogP contribution in [-0.4, -0.2) is 4.98 Å². The number of hydrogen-bond acceptors (Lipinski definition) is 1. The van der Waals surface area contributed by atoms with Gasteiger partial charge in [-0.25, -0.2) is 13.2 Å². The standard InChI is InChI=1S/C19H16F3N/c1-4-6-13(7-5-2)15-8-12(3)19(23-11-15)14-9-16(20)18(22)17(21)10-14/h4-11H,1H2,2-3H3/b7-5-,13-6+. The molecule has 0 saturated carbocycles. The monoisotopic (exact) mass is 315 g/mol. The molecule has 0 radical (unpaired) electrons. The maximum Gasteiger partial charge on any atom is 0.194 e. The van der Waals surface area contributed by atoms with Gasteiger partial charge in [0.15, 0.2) is 17.5 Å². The molecule has 0 aliphatic rings. The fourth-order valence-corrected chi connectivity index (χ4v) is 2.28. The van der Waals surface area contributed by atoms with Crippen molar-refractivity contribution in [2.45, 2.75) is 13.8 Å². The van der Waals surface area contributed by atoms with Gasteiger partial charge >= 0.3 is 0 Å². The Balaban J connectivity index is 2.52. The first kappa shape index (κ1) is 16.7. The maximum absolute atomic E-state index is 13.4. The Morgan fingerprint density at radius 1 is 1.13 bits per heavy atom. The molecule has 0 aliphatic carbocycles. The molecule has 2 rings (SSSR count). The molecule has 118 valence electrons. The molecule has 0 amide bonds. The van der Waals surface area contributed by atoms with Crippen molar-refractivity contribution in [1.82, 2.24) is 4.98 Å². The summed E-state index contributed by atoms with van der Waals surface area (Å²) in [5.41, 5.74) is 3.11. The van der Waals surface area contributed by atoms with E-state index in [2.05, 4.69) is 11.6 Å². The minimum atomic E-state index is -1.48. The lowest BCUT2D eigenvalue weighted by Crippen LogP contribution is -1.96. The summed E-state index contributed by atoms with van der Waals surface area (Å²) in [5.74, 6) is -3.94. The number of halogens is 3. The lowest BCUT2D eigenvalue weighted by atomic mass is 10.0. The van der Waals surface area contributed by atoms with Gasteiger partial charge in [0.2, 0.25) is 0 Å². The maximum atomic E-state index is 13.4. The van der Waals surface area contributed by atoms with Crippen molar-refractivity contribution in [2.24, 2.45) is 0 Å². The Morgan fingerprint density at radius 2 is 1.78 bits per heavy atom. The molecule has 0 fully saturated rings. The topological polar surface area (TPSA) is 12.9 Å². The zero-order valence-corrected chi connectivity index (χ0v) is 12.9. The van der Waals surface area contributed by atoms with Gasteiger partial charge in [-0.3, -0.25) is 4.98 Å². The summed E-state index contributed by atoms with van der Waals surface area (Å²) < 4.78 is 39.9. The third kappa shape index (κ3) is 3.59. The van der Waals surface area contributed by atoms with Crippen LogP contribution in [0.2, 0.25) is 0 Å². The highest BCUT2D eigenvalue weighted by atomic mass is 19.2. The minimum absolute atomic E-state index is 0.200. The zero-order chi connectivity index (χ0) is 17.0. The molecule has 0 atom stereocenters. The number of aromatic nitrogens is 1. The van der Waals surface area contributed by atoms with E-state index in [4.69, 9.17) is 0 Å². The number of pyridine rings is 1. The largest absolute Gasteiger partial charge is 0.255 e. The van der Waals surface area contributed by atoms with Crippen molar-refractivity contribution in [3.63, 3.8) is 0 Å². The highest BCUT2D eigenvalue weighted by molar-refractivity contribution is 5.76. The Bertz CT molecular complexity index is 781. The van der Waals surface area contributed by atoms with Crippen LogP contribution in [0, 0.1) is 24.4 Å². The van der Waals surface area contributed by atoms with Crippen LogP contribution >= 0.6 is 0 Å². The summed E-state index contributed by atoms with van der Waals surface area (Å²) in [6.07, 6.45) is 8.92. The van der Waals surface area contributed by atoms with Crippen molar-refractivity contribution in [3.05, 3.63) is 83.9 Å². The summed E-state index contributed by atoms with van der Waals surface area (Å²) in [5, 5.41) is 0. The molecule has 0 bridgehead atoms. The van der Waals surface area contributed by atoms with Gasteiger partial charge in [0, 0.05) is 17.3 Å². The van der Waals surface area contributed by atoms with E-state index in [1.54, 1.807) is 19.2 Å². The molecule has 1 aromatic heterocycles. The van der Waals surface area contributed by atoms with Crippen LogP contribution < -0.4 is 0 Å². The summed E-state index contributed by atoms with van der Waals surface area (Å²) in [6.45, 7) is 7.36. The van der Waals surface area contributed by atoms with Crippen LogP contribution in [0.15, 0.2) is 55.3 Å². The molecule has 0 saturated heterocycles. The highest BCUT2D eigenvalue weighted by Crippen LogP contribution is 2.27. The molecule has 2 aromatic rings. The van der Waals surface area contributed by atoms with Crippen molar-refractivity contribution in [1.29, 1.82) is 0 Å². The van der Waals surface area contributed by atoms with E-state index in [0.29, 0.717) is 5.69 Å². The number of allylic oxidation sites excluding steroid dienone is 5. The molecule has 23 heavy (non-hydrogen) atoms.